The van der Waals surface area contributed by atoms with E-state index in [1.807, 2.05) is 12.1 Å². The number of carboxylic acids is 1. The highest BCUT2D eigenvalue weighted by molar-refractivity contribution is 5.93. The topological polar surface area (TPSA) is 178 Å². The minimum absolute atomic E-state index is 0.0591. The van der Waals surface area contributed by atoms with Gasteiger partial charge in [0.05, 0.1) is 44.4 Å². The van der Waals surface area contributed by atoms with Crippen LogP contribution >= 0.6 is 0 Å². The first-order valence-electron chi connectivity index (χ1n) is 14.7. The molecule has 0 radical (unpaired) electrons. The second kappa shape index (κ2) is 12.9. The molecule has 4 fully saturated rings. The van der Waals surface area contributed by atoms with E-state index in [1.165, 1.54) is 0 Å². The highest BCUT2D eigenvalue weighted by Crippen LogP contribution is 2.43. The monoisotopic (exact) mass is 584 g/mol. The van der Waals surface area contributed by atoms with Crippen LogP contribution in [0.4, 0.5) is 11.4 Å². The maximum atomic E-state index is 11.9. The lowest BCUT2D eigenvalue weighted by Gasteiger charge is -2.35. The highest BCUT2D eigenvalue weighted by atomic mass is 16.7. The van der Waals surface area contributed by atoms with Gasteiger partial charge in [0.15, 0.2) is 23.0 Å². The molecule has 4 aliphatic rings. The van der Waals surface area contributed by atoms with Gasteiger partial charge in [-0.2, -0.15) is 0 Å². The number of hydrogen-bond acceptors (Lipinski definition) is 11. The van der Waals surface area contributed by atoms with Crippen LogP contribution in [0, 0.1) is 0 Å². The van der Waals surface area contributed by atoms with E-state index < -0.39 is 17.7 Å². The Balaban J connectivity index is 0.000000169. The Morgan fingerprint density at radius 3 is 1.60 bits per heavy atom. The van der Waals surface area contributed by atoms with Gasteiger partial charge >= 0.3 is 11.9 Å². The Labute approximate surface area is 245 Å². The quantitative estimate of drug-likeness (QED) is 0.431. The fraction of sp³-hybridized carbons (Fsp3) is 0.600. The molecule has 0 unspecified atom stereocenters. The molecule has 0 amide bonds. The second-order valence-electron chi connectivity index (χ2n) is 11.1. The Morgan fingerprint density at radius 1 is 0.786 bits per heavy atom. The summed E-state index contributed by atoms with van der Waals surface area (Å²) in [6.45, 7) is 4.75. The minimum Gasteiger partial charge on any atom is -0.476 e. The van der Waals surface area contributed by atoms with Crippen LogP contribution in [0.1, 0.15) is 102 Å². The lowest BCUT2D eigenvalue weighted by molar-refractivity contribution is -0.179. The van der Waals surface area contributed by atoms with Gasteiger partial charge in [-0.1, -0.05) is 0 Å². The molecule has 228 valence electrons. The van der Waals surface area contributed by atoms with Crippen LogP contribution < -0.4 is 11.5 Å². The molecule has 0 bridgehead atoms. The van der Waals surface area contributed by atoms with E-state index in [0.29, 0.717) is 44.6 Å². The molecule has 0 aromatic carbocycles. The Morgan fingerprint density at radius 2 is 1.19 bits per heavy atom. The van der Waals surface area contributed by atoms with E-state index in [-0.39, 0.29) is 28.8 Å². The van der Waals surface area contributed by atoms with E-state index in [9.17, 15) is 9.59 Å². The van der Waals surface area contributed by atoms with Crippen molar-refractivity contribution in [3.05, 3.63) is 47.0 Å². The molecule has 2 saturated heterocycles. The van der Waals surface area contributed by atoms with Crippen molar-refractivity contribution in [2.24, 2.45) is 0 Å². The van der Waals surface area contributed by atoms with Gasteiger partial charge in [-0.05, 0) is 56.9 Å². The first kappa shape index (κ1) is 30.1. The van der Waals surface area contributed by atoms with Crippen LogP contribution in [0.5, 0.6) is 0 Å². The summed E-state index contributed by atoms with van der Waals surface area (Å²) < 4.78 is 27.9. The molecule has 2 aromatic rings. The van der Waals surface area contributed by atoms with E-state index in [2.05, 4.69) is 9.97 Å². The Bertz CT molecular complexity index is 1260. The molecule has 42 heavy (non-hydrogen) atoms. The number of carbonyl (C=O) groups is 2. The van der Waals surface area contributed by atoms with Crippen molar-refractivity contribution in [2.45, 2.75) is 81.7 Å². The summed E-state index contributed by atoms with van der Waals surface area (Å²) in [7, 11) is 0. The van der Waals surface area contributed by atoms with Crippen molar-refractivity contribution < 1.29 is 38.4 Å². The molecule has 0 atom stereocenters. The molecule has 12 heteroatoms. The Hall–Kier alpha value is -3.32. The van der Waals surface area contributed by atoms with Gasteiger partial charge in [-0.25, -0.2) is 19.6 Å². The van der Waals surface area contributed by atoms with E-state index >= 15 is 0 Å². The second-order valence-corrected chi connectivity index (χ2v) is 11.1. The predicted molar refractivity (Wildman–Crippen MR) is 152 cm³/mol. The van der Waals surface area contributed by atoms with Gasteiger partial charge in [0.1, 0.15) is 0 Å². The standard InChI is InChI=1S/C16H22N2O4.C14H18N2O4/c1-2-20-15(19)14-12(17)3-4-13(18-14)11-5-7-16(8-6-11)21-9-10-22-16;15-10-1-2-11(16-12(10)13(17)18)9-3-5-14(6-4-9)19-7-8-20-14/h3-4,11H,2,5-10,17H2,1H3;1-2,9H,3-8,15H2,(H,17,18). The van der Waals surface area contributed by atoms with Crippen LogP contribution in [-0.4, -0.2) is 71.6 Å². The molecule has 12 nitrogen and oxygen atoms in total. The SMILES string of the molecule is CCOC(=O)c1nc(C2CCC3(CC2)OCCO3)ccc1N.Nc1ccc(C2CCC3(CC2)OCCO3)nc1C(=O)O. The van der Waals surface area contributed by atoms with Gasteiger partial charge in [0, 0.05) is 48.9 Å². The van der Waals surface area contributed by atoms with E-state index in [1.54, 1.807) is 19.1 Å². The zero-order chi connectivity index (χ0) is 29.7. The van der Waals surface area contributed by atoms with E-state index in [4.69, 9.17) is 40.3 Å². The summed E-state index contributed by atoms with van der Waals surface area (Å²) in [4.78, 5) is 31.6. The zero-order valence-corrected chi connectivity index (χ0v) is 24.0. The average molecular weight is 585 g/mol. The van der Waals surface area contributed by atoms with Crippen molar-refractivity contribution in [2.75, 3.05) is 44.5 Å². The molecule has 2 aromatic heterocycles. The first-order valence-corrected chi connectivity index (χ1v) is 14.7. The number of anilines is 2. The smallest absolute Gasteiger partial charge is 0.359 e. The first-order chi connectivity index (χ1) is 20.2. The highest BCUT2D eigenvalue weighted by Gasteiger charge is 2.42. The molecule has 2 aliphatic carbocycles. The fourth-order valence-corrected chi connectivity index (χ4v) is 6.24. The lowest BCUT2D eigenvalue weighted by atomic mass is 9.83. The number of carboxylic acid groups (broad SMARTS) is 1. The maximum Gasteiger partial charge on any atom is 0.359 e. The van der Waals surface area contributed by atoms with Crippen LogP contribution in [-0.2, 0) is 23.7 Å². The normalized spacial score (nSPS) is 22.9. The number of esters is 1. The van der Waals surface area contributed by atoms with Gasteiger partial charge in [-0.3, -0.25) is 0 Å². The number of hydrogen-bond donors (Lipinski definition) is 3. The summed E-state index contributed by atoms with van der Waals surface area (Å²) in [5.41, 5.74) is 13.9. The largest absolute Gasteiger partial charge is 0.476 e. The van der Waals surface area contributed by atoms with Gasteiger partial charge < -0.3 is 40.3 Å². The average Bonchev–Trinajstić information content (AvgIpc) is 3.65. The number of pyridine rings is 2. The Kier molecular flexibility index (Phi) is 9.26. The third-order valence-corrected chi connectivity index (χ3v) is 8.53. The fourth-order valence-electron chi connectivity index (χ4n) is 6.24. The summed E-state index contributed by atoms with van der Waals surface area (Å²) in [5, 5.41) is 9.07. The number of nitrogens with two attached hydrogens (primary N) is 2. The molecular formula is C30H40N4O8. The zero-order valence-electron chi connectivity index (χ0n) is 24.0. The predicted octanol–water partition coefficient (Wildman–Crippen LogP) is 4.00. The van der Waals surface area contributed by atoms with Crippen molar-refractivity contribution in [3.8, 4) is 0 Å². The summed E-state index contributed by atoms with van der Waals surface area (Å²) >= 11 is 0. The van der Waals surface area contributed by atoms with Crippen LogP contribution in [0.2, 0.25) is 0 Å². The number of nitrogens with zero attached hydrogens (tertiary/aromatic N) is 2. The third-order valence-electron chi connectivity index (χ3n) is 8.53. The van der Waals surface area contributed by atoms with Crippen LogP contribution in [0.25, 0.3) is 0 Å². The minimum atomic E-state index is -1.08. The third kappa shape index (κ3) is 6.67. The molecule has 4 heterocycles. The van der Waals surface area contributed by atoms with Gasteiger partial charge in [-0.15, -0.1) is 0 Å². The molecular weight excluding hydrogens is 544 g/mol. The lowest BCUT2D eigenvalue weighted by Crippen LogP contribution is -2.34. The number of rotatable bonds is 5. The van der Waals surface area contributed by atoms with Crippen molar-refractivity contribution in [3.63, 3.8) is 0 Å². The number of nitrogen functional groups attached to an aromatic ring is 2. The number of ether oxygens (including phenoxy) is 5. The molecule has 2 aliphatic heterocycles. The number of aromatic carboxylic acids is 1. The molecule has 2 spiro atoms. The van der Waals surface area contributed by atoms with E-state index in [0.717, 1.165) is 62.8 Å². The summed E-state index contributed by atoms with van der Waals surface area (Å²) in [5.74, 6) is -1.79. The van der Waals surface area contributed by atoms with Crippen molar-refractivity contribution in [1.29, 1.82) is 0 Å². The number of carbonyl (C=O) groups excluding carboxylic acids is 1. The van der Waals surface area contributed by atoms with Crippen LogP contribution in [0.3, 0.4) is 0 Å². The summed E-state index contributed by atoms with van der Waals surface area (Å²) in [6.07, 6.45) is 7.00. The molecule has 5 N–H and O–H groups in total. The van der Waals surface area contributed by atoms with Crippen LogP contribution in [0.15, 0.2) is 24.3 Å². The van der Waals surface area contributed by atoms with Gasteiger partial charge in [0.25, 0.3) is 0 Å². The summed E-state index contributed by atoms with van der Waals surface area (Å²) in [6, 6.07) is 7.08. The maximum absolute atomic E-state index is 11.9. The number of aromatic nitrogens is 2. The molecule has 6 rings (SSSR count). The van der Waals surface area contributed by atoms with Gasteiger partial charge in [0.2, 0.25) is 0 Å². The molecule has 2 saturated carbocycles. The van der Waals surface area contributed by atoms with Crippen molar-refractivity contribution in [1.82, 2.24) is 9.97 Å². The van der Waals surface area contributed by atoms with Crippen molar-refractivity contribution >= 4 is 23.3 Å².